The van der Waals surface area contributed by atoms with Gasteiger partial charge in [-0.15, -0.1) is 4.28 Å². The molecule has 4 aromatic rings. The Hall–Kier alpha value is -3.55. The van der Waals surface area contributed by atoms with Crippen molar-refractivity contribution in [1.29, 1.82) is 0 Å². The van der Waals surface area contributed by atoms with Crippen molar-refractivity contribution >= 4 is 38.0 Å². The van der Waals surface area contributed by atoms with E-state index in [1.165, 1.54) is 12.1 Å². The Labute approximate surface area is 168 Å². The molecule has 7 heteroatoms. The largest absolute Gasteiger partial charge is 0.317 e. The number of anilines is 1. The van der Waals surface area contributed by atoms with Crippen LogP contribution >= 0.6 is 0 Å². The molecule has 0 saturated carbocycles. The highest BCUT2D eigenvalue weighted by Gasteiger charge is 2.16. The summed E-state index contributed by atoms with van der Waals surface area (Å²) >= 11 is 0. The Morgan fingerprint density at radius 2 is 1.28 bits per heavy atom. The molecule has 0 unspecified atom stereocenters. The minimum absolute atomic E-state index is 0.0175. The Morgan fingerprint density at radius 3 is 2.03 bits per heavy atom. The maximum Gasteiger partial charge on any atom is 0.317 e. The second-order valence-electron chi connectivity index (χ2n) is 6.20. The van der Waals surface area contributed by atoms with Crippen molar-refractivity contribution < 1.29 is 12.7 Å². The highest BCUT2D eigenvalue weighted by Crippen LogP contribution is 2.25. The highest BCUT2D eigenvalue weighted by atomic mass is 32.2. The van der Waals surface area contributed by atoms with Gasteiger partial charge in [0.15, 0.2) is 0 Å². The van der Waals surface area contributed by atoms with Crippen LogP contribution in [0.3, 0.4) is 0 Å². The first kappa shape index (κ1) is 18.8. The van der Waals surface area contributed by atoms with Gasteiger partial charge in [0.25, 0.3) is 0 Å². The summed E-state index contributed by atoms with van der Waals surface area (Å²) in [7, 11) is -3.99. The first-order valence-electron chi connectivity index (χ1n) is 8.86. The quantitative estimate of drug-likeness (QED) is 0.317. The Balaban J connectivity index is 1.48. The molecule has 0 atom stereocenters. The lowest BCUT2D eigenvalue weighted by Crippen LogP contribution is -2.11. The molecule has 4 aromatic carbocycles. The van der Waals surface area contributed by atoms with Gasteiger partial charge in [-0.3, -0.25) is 0 Å². The van der Waals surface area contributed by atoms with Gasteiger partial charge < -0.3 is 0 Å². The molecule has 0 spiro atoms. The summed E-state index contributed by atoms with van der Waals surface area (Å²) in [5.74, 6) is 0. The highest BCUT2D eigenvalue weighted by molar-refractivity contribution is 7.86. The monoisotopic (exact) mass is 403 g/mol. The van der Waals surface area contributed by atoms with Gasteiger partial charge in [-0.2, -0.15) is 18.6 Å². The molecule has 0 saturated heterocycles. The van der Waals surface area contributed by atoms with Crippen LogP contribution in [-0.4, -0.2) is 8.42 Å². The van der Waals surface area contributed by atoms with Crippen molar-refractivity contribution in [3.05, 3.63) is 97.1 Å². The third kappa shape index (κ3) is 4.48. The van der Waals surface area contributed by atoms with Crippen molar-refractivity contribution in [3.8, 4) is 0 Å². The number of nitrogens with zero attached hydrogens (tertiary/aromatic N) is 2. The predicted octanol–water partition coefficient (Wildman–Crippen LogP) is 5.99. The average molecular weight is 403 g/mol. The zero-order valence-corrected chi connectivity index (χ0v) is 16.1. The summed E-state index contributed by atoms with van der Waals surface area (Å²) in [6.45, 7) is 0. The van der Waals surface area contributed by atoms with E-state index in [-0.39, 0.29) is 4.90 Å². The maximum atomic E-state index is 12.5. The lowest BCUT2D eigenvalue weighted by Gasteiger charge is -2.10. The molecule has 1 N–H and O–H groups in total. The van der Waals surface area contributed by atoms with Crippen LogP contribution in [0.25, 0.3) is 10.8 Å². The number of benzene rings is 4. The molecule has 0 aliphatic heterocycles. The first-order chi connectivity index (χ1) is 14.1. The van der Waals surface area contributed by atoms with Crippen molar-refractivity contribution in [2.24, 2.45) is 10.2 Å². The molecule has 0 aromatic heterocycles. The Bertz CT molecular complexity index is 1250. The number of hydrogen-bond donors (Lipinski definition) is 1. The molecule has 0 bridgehead atoms. The smallest absolute Gasteiger partial charge is 0.249 e. The van der Waals surface area contributed by atoms with E-state index in [0.29, 0.717) is 17.1 Å². The van der Waals surface area contributed by atoms with Crippen LogP contribution in [0.1, 0.15) is 0 Å². The molecular weight excluding hydrogens is 386 g/mol. The van der Waals surface area contributed by atoms with E-state index >= 15 is 0 Å². The van der Waals surface area contributed by atoms with E-state index in [2.05, 4.69) is 15.7 Å². The lowest BCUT2D eigenvalue weighted by molar-refractivity contribution is 0.391. The van der Waals surface area contributed by atoms with E-state index in [9.17, 15) is 8.42 Å². The molecule has 4 rings (SSSR count). The third-order valence-corrected chi connectivity index (χ3v) is 5.37. The van der Waals surface area contributed by atoms with Crippen LogP contribution in [0.15, 0.2) is 112 Å². The minimum Gasteiger partial charge on any atom is -0.249 e. The Morgan fingerprint density at radius 1 is 0.655 bits per heavy atom. The molecule has 0 radical (unpaired) electrons. The van der Waals surface area contributed by atoms with Crippen LogP contribution in [0, 0.1) is 0 Å². The molecule has 0 aliphatic carbocycles. The molecule has 0 heterocycles. The summed E-state index contributed by atoms with van der Waals surface area (Å²) in [5.41, 5.74) is 4.38. The van der Waals surface area contributed by atoms with Crippen LogP contribution < -0.4 is 5.48 Å². The van der Waals surface area contributed by atoms with E-state index in [4.69, 9.17) is 4.28 Å². The number of nitrogens with one attached hydrogen (secondary N) is 1. The third-order valence-electron chi connectivity index (χ3n) is 4.21. The van der Waals surface area contributed by atoms with Crippen molar-refractivity contribution in [2.45, 2.75) is 4.90 Å². The van der Waals surface area contributed by atoms with Crippen LogP contribution in [0.5, 0.6) is 0 Å². The van der Waals surface area contributed by atoms with E-state index in [1.54, 1.807) is 18.2 Å². The predicted molar refractivity (Wildman–Crippen MR) is 113 cm³/mol. The van der Waals surface area contributed by atoms with E-state index < -0.39 is 10.1 Å². The molecule has 0 aliphatic rings. The average Bonchev–Trinajstić information content (AvgIpc) is 2.77. The number of hydrogen-bond acceptors (Lipinski definition) is 6. The normalized spacial score (nSPS) is 11.7. The van der Waals surface area contributed by atoms with Crippen molar-refractivity contribution in [3.63, 3.8) is 0 Å². The van der Waals surface area contributed by atoms with E-state index in [1.807, 2.05) is 66.7 Å². The number of azo groups is 1. The zero-order valence-electron chi connectivity index (χ0n) is 15.3. The van der Waals surface area contributed by atoms with Crippen molar-refractivity contribution in [1.82, 2.24) is 0 Å². The zero-order chi connectivity index (χ0) is 20.1. The van der Waals surface area contributed by atoms with Gasteiger partial charge in [0, 0.05) is 5.39 Å². The fourth-order valence-corrected chi connectivity index (χ4v) is 3.52. The standard InChI is InChI=1S/C22H17N3O3S/c26-29(27,28-25-22-12-6-8-17-7-4-5-11-21(17)22)20-15-13-19(14-16-20)24-23-18-9-2-1-3-10-18/h1-16,25H. The number of rotatable bonds is 6. The molecule has 0 fully saturated rings. The van der Waals surface area contributed by atoms with Crippen LogP contribution in [0.4, 0.5) is 17.1 Å². The van der Waals surface area contributed by atoms with Crippen molar-refractivity contribution in [2.75, 3.05) is 5.48 Å². The molecule has 6 nitrogen and oxygen atoms in total. The SMILES string of the molecule is O=S(=O)(ONc1cccc2ccccc12)c1ccc(N=Nc2ccccc2)cc1. The summed E-state index contributed by atoms with van der Waals surface area (Å²) in [6, 6.07) is 28.4. The Kier molecular flexibility index (Phi) is 5.33. The molecule has 144 valence electrons. The van der Waals surface area contributed by atoms with Gasteiger partial charge in [-0.25, -0.2) is 5.48 Å². The lowest BCUT2D eigenvalue weighted by atomic mass is 10.1. The van der Waals surface area contributed by atoms with E-state index in [0.717, 1.165) is 10.8 Å². The van der Waals surface area contributed by atoms with Gasteiger partial charge in [-0.05, 0) is 47.9 Å². The van der Waals surface area contributed by atoms with Gasteiger partial charge in [0.1, 0.15) is 0 Å². The minimum atomic E-state index is -3.99. The van der Waals surface area contributed by atoms with Gasteiger partial charge in [-0.1, -0.05) is 54.6 Å². The molecule has 29 heavy (non-hydrogen) atoms. The van der Waals surface area contributed by atoms with Crippen LogP contribution in [-0.2, 0) is 14.4 Å². The summed E-state index contributed by atoms with van der Waals surface area (Å²) in [4.78, 5) is 0.0175. The topological polar surface area (TPSA) is 80.1 Å². The van der Waals surface area contributed by atoms with Gasteiger partial charge >= 0.3 is 10.1 Å². The fraction of sp³-hybridized carbons (Fsp3) is 0. The molecular formula is C22H17N3O3S. The maximum absolute atomic E-state index is 12.5. The van der Waals surface area contributed by atoms with Gasteiger partial charge in [0.05, 0.1) is 22.0 Å². The second-order valence-corrected chi connectivity index (χ2v) is 7.74. The van der Waals surface area contributed by atoms with Gasteiger partial charge in [0.2, 0.25) is 0 Å². The summed E-state index contributed by atoms with van der Waals surface area (Å²) in [5, 5.41) is 10.0. The molecule has 0 amide bonds. The first-order valence-corrected chi connectivity index (χ1v) is 10.3. The second kappa shape index (κ2) is 8.22. The summed E-state index contributed by atoms with van der Waals surface area (Å²) < 4.78 is 30.0. The summed E-state index contributed by atoms with van der Waals surface area (Å²) in [6.07, 6.45) is 0. The number of fused-ring (bicyclic) bond motifs is 1. The van der Waals surface area contributed by atoms with Crippen LogP contribution in [0.2, 0.25) is 0 Å². The fourth-order valence-electron chi connectivity index (χ4n) is 2.75.